The normalized spacial score (nSPS) is 24.1. The molecule has 0 radical (unpaired) electrons. The molecule has 0 aromatic heterocycles. The molecule has 0 amide bonds. The van der Waals surface area contributed by atoms with Crippen LogP contribution in [0.15, 0.2) is 0 Å². The zero-order chi connectivity index (χ0) is 13.4. The van der Waals surface area contributed by atoms with Gasteiger partial charge in [-0.05, 0) is 40.5 Å². The van der Waals surface area contributed by atoms with E-state index >= 15 is 0 Å². The fourth-order valence-electron chi connectivity index (χ4n) is 2.04. The molecule has 0 aromatic rings. The Hall–Kier alpha value is -0.345. The Kier molecular flexibility index (Phi) is 4.10. The summed E-state index contributed by atoms with van der Waals surface area (Å²) in [6.45, 7) is 14.0. The SMILES string of the molecule is CC(=O)C[C@@H](B1OC(C)(C)C(C)(C)O1)C(C)C. The zero-order valence-electron chi connectivity index (χ0n) is 12.2. The summed E-state index contributed by atoms with van der Waals surface area (Å²) >= 11 is 0. The minimum Gasteiger partial charge on any atom is -0.403 e. The summed E-state index contributed by atoms with van der Waals surface area (Å²) < 4.78 is 12.0. The predicted molar refractivity (Wildman–Crippen MR) is 70.0 cm³/mol. The topological polar surface area (TPSA) is 35.5 Å². The summed E-state index contributed by atoms with van der Waals surface area (Å²) in [6, 6.07) is 0. The van der Waals surface area contributed by atoms with Crippen LogP contribution in [0.3, 0.4) is 0 Å². The molecule has 0 bridgehead atoms. The molecule has 1 rings (SSSR count). The Morgan fingerprint density at radius 2 is 1.53 bits per heavy atom. The summed E-state index contributed by atoms with van der Waals surface area (Å²) in [5.74, 6) is 0.695. The van der Waals surface area contributed by atoms with Gasteiger partial charge >= 0.3 is 7.12 Å². The highest BCUT2D eigenvalue weighted by Crippen LogP contribution is 2.42. The summed E-state index contributed by atoms with van der Waals surface area (Å²) in [5.41, 5.74) is -0.636. The molecule has 1 heterocycles. The molecule has 0 aromatic carbocycles. The fraction of sp³-hybridized carbons (Fsp3) is 0.923. The van der Waals surface area contributed by atoms with Crippen LogP contribution in [0.5, 0.6) is 0 Å². The third-order valence-electron chi connectivity index (χ3n) is 4.00. The highest BCUT2D eigenvalue weighted by atomic mass is 16.7. The van der Waals surface area contributed by atoms with Crippen LogP contribution in [0.4, 0.5) is 0 Å². The van der Waals surface area contributed by atoms with Crippen molar-refractivity contribution in [1.82, 2.24) is 0 Å². The van der Waals surface area contributed by atoms with Crippen LogP contribution in [0.25, 0.3) is 0 Å². The van der Waals surface area contributed by atoms with Gasteiger partial charge in [0.25, 0.3) is 0 Å². The second kappa shape index (κ2) is 4.73. The molecule has 1 fully saturated rings. The van der Waals surface area contributed by atoms with E-state index in [0.29, 0.717) is 12.3 Å². The van der Waals surface area contributed by atoms with E-state index in [1.165, 1.54) is 0 Å². The van der Waals surface area contributed by atoms with E-state index in [9.17, 15) is 4.79 Å². The number of hydrogen-bond donors (Lipinski definition) is 0. The molecule has 0 aliphatic carbocycles. The van der Waals surface area contributed by atoms with E-state index in [0.717, 1.165) is 0 Å². The van der Waals surface area contributed by atoms with Crippen molar-refractivity contribution in [1.29, 1.82) is 0 Å². The Bertz CT molecular complexity index is 281. The molecular formula is C13H25BO3. The van der Waals surface area contributed by atoms with Gasteiger partial charge in [-0.15, -0.1) is 0 Å². The number of ketones is 1. The number of hydrogen-bond acceptors (Lipinski definition) is 3. The number of rotatable bonds is 4. The van der Waals surface area contributed by atoms with E-state index in [2.05, 4.69) is 13.8 Å². The first kappa shape index (κ1) is 14.7. The van der Waals surface area contributed by atoms with E-state index in [4.69, 9.17) is 9.31 Å². The lowest BCUT2D eigenvalue weighted by Gasteiger charge is -2.32. The Labute approximate surface area is 105 Å². The van der Waals surface area contributed by atoms with Gasteiger partial charge in [0.1, 0.15) is 5.78 Å². The van der Waals surface area contributed by atoms with Gasteiger partial charge in [-0.3, -0.25) is 0 Å². The van der Waals surface area contributed by atoms with Crippen LogP contribution in [0.1, 0.15) is 54.9 Å². The number of carbonyl (C=O) groups is 1. The second-order valence-corrected chi connectivity index (χ2v) is 6.44. The van der Waals surface area contributed by atoms with E-state index in [-0.39, 0.29) is 29.9 Å². The molecule has 17 heavy (non-hydrogen) atoms. The van der Waals surface area contributed by atoms with Gasteiger partial charge < -0.3 is 14.1 Å². The molecule has 0 N–H and O–H groups in total. The van der Waals surface area contributed by atoms with Gasteiger partial charge in [0.05, 0.1) is 11.2 Å². The zero-order valence-corrected chi connectivity index (χ0v) is 12.2. The van der Waals surface area contributed by atoms with Crippen molar-refractivity contribution < 1.29 is 14.1 Å². The first-order valence-electron chi connectivity index (χ1n) is 6.42. The van der Waals surface area contributed by atoms with Gasteiger partial charge in [0.15, 0.2) is 0 Å². The molecule has 1 saturated heterocycles. The average Bonchev–Trinajstić information content (AvgIpc) is 2.31. The summed E-state index contributed by atoms with van der Waals surface area (Å²) in [5, 5.41) is 0. The van der Waals surface area contributed by atoms with Gasteiger partial charge in [-0.2, -0.15) is 0 Å². The fourth-order valence-corrected chi connectivity index (χ4v) is 2.04. The molecule has 98 valence electrons. The lowest BCUT2D eigenvalue weighted by atomic mass is 9.63. The first-order valence-corrected chi connectivity index (χ1v) is 6.42. The minimum atomic E-state index is -0.318. The minimum absolute atomic E-state index is 0.133. The second-order valence-electron chi connectivity index (χ2n) is 6.44. The van der Waals surface area contributed by atoms with Crippen molar-refractivity contribution in [3.8, 4) is 0 Å². The molecule has 1 aliphatic heterocycles. The van der Waals surface area contributed by atoms with Gasteiger partial charge in [0, 0.05) is 12.2 Å². The van der Waals surface area contributed by atoms with E-state index in [1.807, 2.05) is 27.7 Å². The average molecular weight is 240 g/mol. The molecule has 1 aliphatic rings. The third kappa shape index (κ3) is 3.11. The highest BCUT2D eigenvalue weighted by Gasteiger charge is 2.54. The van der Waals surface area contributed by atoms with Crippen LogP contribution in [-0.2, 0) is 14.1 Å². The summed E-state index contributed by atoms with van der Waals surface area (Å²) in [4.78, 5) is 11.3. The Balaban J connectivity index is 2.83. The molecule has 0 saturated carbocycles. The van der Waals surface area contributed by atoms with Crippen molar-refractivity contribution in [3.05, 3.63) is 0 Å². The molecule has 0 spiro atoms. The van der Waals surface area contributed by atoms with Crippen LogP contribution >= 0.6 is 0 Å². The predicted octanol–water partition coefficient (Wildman–Crippen LogP) is 3.08. The maximum atomic E-state index is 11.3. The number of carbonyl (C=O) groups excluding carboxylic acids is 1. The van der Waals surface area contributed by atoms with Crippen LogP contribution in [0, 0.1) is 5.92 Å². The van der Waals surface area contributed by atoms with Crippen molar-refractivity contribution in [3.63, 3.8) is 0 Å². The van der Waals surface area contributed by atoms with Crippen molar-refractivity contribution >= 4 is 12.9 Å². The van der Waals surface area contributed by atoms with Crippen molar-refractivity contribution in [2.45, 2.75) is 71.9 Å². The third-order valence-corrected chi connectivity index (χ3v) is 4.00. The van der Waals surface area contributed by atoms with E-state index in [1.54, 1.807) is 6.92 Å². The molecular weight excluding hydrogens is 215 g/mol. The quantitative estimate of drug-likeness (QED) is 0.708. The lowest BCUT2D eigenvalue weighted by Crippen LogP contribution is -2.41. The lowest BCUT2D eigenvalue weighted by molar-refractivity contribution is -0.117. The largest absolute Gasteiger partial charge is 0.461 e. The Morgan fingerprint density at radius 1 is 1.12 bits per heavy atom. The van der Waals surface area contributed by atoms with Crippen molar-refractivity contribution in [2.24, 2.45) is 5.92 Å². The Morgan fingerprint density at radius 3 is 1.82 bits per heavy atom. The molecule has 1 atom stereocenters. The first-order chi connectivity index (χ1) is 7.57. The van der Waals surface area contributed by atoms with Crippen LogP contribution in [0.2, 0.25) is 5.82 Å². The van der Waals surface area contributed by atoms with Gasteiger partial charge in [-0.25, -0.2) is 0 Å². The standard InChI is InChI=1S/C13H25BO3/c1-9(2)11(8-10(3)15)14-16-12(4,5)13(6,7)17-14/h9,11H,8H2,1-7H3/t11-/m1/s1. The highest BCUT2D eigenvalue weighted by molar-refractivity contribution is 6.48. The summed E-state index contributed by atoms with van der Waals surface area (Å²) in [7, 11) is -0.274. The summed E-state index contributed by atoms with van der Waals surface area (Å²) in [6.07, 6.45) is 0.522. The van der Waals surface area contributed by atoms with Gasteiger partial charge in [-0.1, -0.05) is 13.8 Å². The molecule has 0 unspecified atom stereocenters. The molecule has 3 nitrogen and oxygen atoms in total. The maximum absolute atomic E-state index is 11.3. The van der Waals surface area contributed by atoms with Gasteiger partial charge in [0.2, 0.25) is 0 Å². The maximum Gasteiger partial charge on any atom is 0.461 e. The van der Waals surface area contributed by atoms with Crippen molar-refractivity contribution in [2.75, 3.05) is 0 Å². The van der Waals surface area contributed by atoms with Crippen LogP contribution in [-0.4, -0.2) is 24.1 Å². The smallest absolute Gasteiger partial charge is 0.403 e. The number of Topliss-reactive ketones (excluding diaryl/α,β-unsaturated/α-hetero) is 1. The van der Waals surface area contributed by atoms with Crippen LogP contribution < -0.4 is 0 Å². The monoisotopic (exact) mass is 240 g/mol. The van der Waals surface area contributed by atoms with E-state index < -0.39 is 0 Å². The molecule has 4 heteroatoms.